The molecular weight excluding hydrogens is 535 g/mol. The van der Waals surface area contributed by atoms with E-state index in [1.165, 1.54) is 30.3 Å². The van der Waals surface area contributed by atoms with Crippen LogP contribution in [0.4, 0.5) is 24.5 Å². The zero-order valence-corrected chi connectivity index (χ0v) is 19.8. The topological polar surface area (TPSA) is 58.2 Å². The number of carbonyl (C=O) groups is 2. The SMILES string of the molecule is O=C(Nc1c(F)cccc1F)c1cc(NC(=O)[C@H]2[C@H](c3ccc(Cl)c(F)c3)C2(Cl)Cl)ccc1Cl. The second kappa shape index (κ2) is 9.30. The molecule has 0 aliphatic heterocycles. The zero-order valence-electron chi connectivity index (χ0n) is 16.8. The Morgan fingerprint density at radius 3 is 2.12 bits per heavy atom. The zero-order chi connectivity index (χ0) is 24.8. The molecule has 4 rings (SSSR count). The van der Waals surface area contributed by atoms with E-state index in [4.69, 9.17) is 46.4 Å². The lowest BCUT2D eigenvalue weighted by Crippen LogP contribution is -2.18. The van der Waals surface area contributed by atoms with Gasteiger partial charge in [-0.3, -0.25) is 9.59 Å². The van der Waals surface area contributed by atoms with Crippen LogP contribution in [0.5, 0.6) is 0 Å². The van der Waals surface area contributed by atoms with Gasteiger partial charge < -0.3 is 10.6 Å². The summed E-state index contributed by atoms with van der Waals surface area (Å²) >= 11 is 24.3. The first-order chi connectivity index (χ1) is 16.0. The summed E-state index contributed by atoms with van der Waals surface area (Å²) in [6.07, 6.45) is 0. The summed E-state index contributed by atoms with van der Waals surface area (Å²) in [6.45, 7) is 0. The van der Waals surface area contributed by atoms with Crippen LogP contribution in [0.1, 0.15) is 21.8 Å². The minimum atomic E-state index is -1.49. The second-order valence-corrected chi connectivity index (χ2v) is 9.80. The van der Waals surface area contributed by atoms with Gasteiger partial charge in [-0.25, -0.2) is 13.2 Å². The van der Waals surface area contributed by atoms with Crippen molar-refractivity contribution in [2.45, 2.75) is 10.3 Å². The summed E-state index contributed by atoms with van der Waals surface area (Å²) in [7, 11) is 0. The summed E-state index contributed by atoms with van der Waals surface area (Å²) in [6, 6.07) is 11.1. The lowest BCUT2D eigenvalue weighted by Gasteiger charge is -2.11. The molecule has 1 saturated carbocycles. The fourth-order valence-electron chi connectivity index (χ4n) is 3.57. The van der Waals surface area contributed by atoms with Crippen LogP contribution in [0.3, 0.4) is 0 Å². The molecule has 0 unspecified atom stereocenters. The van der Waals surface area contributed by atoms with Crippen LogP contribution in [0.15, 0.2) is 54.6 Å². The Labute approximate surface area is 211 Å². The van der Waals surface area contributed by atoms with Gasteiger partial charge in [0.1, 0.15) is 27.5 Å². The third-order valence-corrected chi connectivity index (χ3v) is 6.90. The fourth-order valence-corrected chi connectivity index (χ4v) is 4.72. The van der Waals surface area contributed by atoms with Gasteiger partial charge in [0.15, 0.2) is 0 Å². The van der Waals surface area contributed by atoms with Gasteiger partial charge in [0, 0.05) is 11.6 Å². The number of amides is 2. The fraction of sp³-hybridized carbons (Fsp3) is 0.130. The van der Waals surface area contributed by atoms with E-state index >= 15 is 0 Å². The van der Waals surface area contributed by atoms with Crippen molar-refractivity contribution >= 4 is 69.6 Å². The smallest absolute Gasteiger partial charge is 0.257 e. The molecule has 11 heteroatoms. The van der Waals surface area contributed by atoms with Crippen molar-refractivity contribution in [3.63, 3.8) is 0 Å². The van der Waals surface area contributed by atoms with Crippen molar-refractivity contribution in [1.82, 2.24) is 0 Å². The van der Waals surface area contributed by atoms with Crippen molar-refractivity contribution in [3.05, 3.63) is 93.2 Å². The van der Waals surface area contributed by atoms with E-state index in [1.807, 2.05) is 0 Å². The molecule has 2 atom stereocenters. The number of rotatable bonds is 5. The van der Waals surface area contributed by atoms with Gasteiger partial charge in [-0.2, -0.15) is 0 Å². The van der Waals surface area contributed by atoms with E-state index < -0.39 is 51.1 Å². The van der Waals surface area contributed by atoms with Crippen molar-refractivity contribution in [3.8, 4) is 0 Å². The lowest BCUT2D eigenvalue weighted by molar-refractivity contribution is -0.117. The highest BCUT2D eigenvalue weighted by Gasteiger charge is 2.67. The van der Waals surface area contributed by atoms with Gasteiger partial charge in [0.05, 0.1) is 21.5 Å². The number of benzene rings is 3. The number of nitrogens with one attached hydrogen (secondary N) is 2. The highest BCUT2D eigenvalue weighted by molar-refractivity contribution is 6.53. The molecule has 3 aromatic carbocycles. The van der Waals surface area contributed by atoms with Crippen molar-refractivity contribution in [1.29, 1.82) is 0 Å². The molecule has 1 aliphatic carbocycles. The van der Waals surface area contributed by atoms with Crippen LogP contribution < -0.4 is 10.6 Å². The van der Waals surface area contributed by atoms with Gasteiger partial charge >= 0.3 is 0 Å². The predicted molar refractivity (Wildman–Crippen MR) is 126 cm³/mol. The van der Waals surface area contributed by atoms with E-state index in [0.29, 0.717) is 5.56 Å². The molecule has 2 N–H and O–H groups in total. The largest absolute Gasteiger partial charge is 0.326 e. The van der Waals surface area contributed by atoms with Crippen molar-refractivity contribution in [2.75, 3.05) is 10.6 Å². The number of halogens is 7. The minimum Gasteiger partial charge on any atom is -0.326 e. The summed E-state index contributed by atoms with van der Waals surface area (Å²) in [4.78, 5) is 25.4. The maximum atomic E-state index is 13.9. The Morgan fingerprint density at radius 1 is 0.824 bits per heavy atom. The summed E-state index contributed by atoms with van der Waals surface area (Å²) < 4.78 is 40.1. The number of anilines is 2. The lowest BCUT2D eigenvalue weighted by atomic mass is 10.1. The molecule has 0 heterocycles. The van der Waals surface area contributed by atoms with Gasteiger partial charge in [-0.05, 0) is 48.0 Å². The number of hydrogen-bond acceptors (Lipinski definition) is 2. The molecule has 1 aliphatic rings. The third kappa shape index (κ3) is 4.70. The first-order valence-electron chi connectivity index (χ1n) is 9.69. The van der Waals surface area contributed by atoms with E-state index in [-0.39, 0.29) is 21.3 Å². The highest BCUT2D eigenvalue weighted by atomic mass is 35.5. The standard InChI is InChI=1S/C23H13Cl4F3N2O2/c24-13-7-5-11(9-12(13)21(33)32-20-15(28)2-1-3-16(20)29)31-22(34)19-18(23(19,26)27)10-4-6-14(25)17(30)8-10/h1-9,18-19H,(H,31,34)(H,32,33)/t18-,19+/m0/s1. The number of para-hydroxylation sites is 1. The summed E-state index contributed by atoms with van der Waals surface area (Å²) in [5.41, 5.74) is -0.221. The van der Waals surface area contributed by atoms with Crippen LogP contribution in [-0.4, -0.2) is 16.1 Å². The number of carbonyl (C=O) groups excluding carboxylic acids is 2. The molecule has 176 valence electrons. The predicted octanol–water partition coefficient (Wildman–Crippen LogP) is 7.19. The first-order valence-corrected chi connectivity index (χ1v) is 11.2. The number of alkyl halides is 2. The maximum Gasteiger partial charge on any atom is 0.257 e. The molecule has 2 amide bonds. The highest BCUT2D eigenvalue weighted by Crippen LogP contribution is 2.65. The Bertz CT molecular complexity index is 1300. The molecule has 0 aromatic heterocycles. The van der Waals surface area contributed by atoms with Crippen molar-refractivity contribution in [2.24, 2.45) is 5.92 Å². The first kappa shape index (κ1) is 24.7. The monoisotopic (exact) mass is 546 g/mol. The molecule has 34 heavy (non-hydrogen) atoms. The quantitative estimate of drug-likeness (QED) is 0.332. The van der Waals surface area contributed by atoms with E-state index in [0.717, 1.165) is 24.3 Å². The minimum absolute atomic E-state index is 0.0165. The van der Waals surface area contributed by atoms with E-state index in [9.17, 15) is 22.8 Å². The molecular formula is C23H13Cl4F3N2O2. The number of hydrogen-bond donors (Lipinski definition) is 2. The average Bonchev–Trinajstić information content (AvgIpc) is 3.36. The summed E-state index contributed by atoms with van der Waals surface area (Å²) in [5, 5.41) is 4.61. The second-order valence-electron chi connectivity index (χ2n) is 7.54. The van der Waals surface area contributed by atoms with Crippen LogP contribution >= 0.6 is 46.4 Å². The van der Waals surface area contributed by atoms with Gasteiger partial charge in [-0.15, -0.1) is 23.2 Å². The molecule has 4 nitrogen and oxygen atoms in total. The van der Waals surface area contributed by atoms with Gasteiger partial charge in [-0.1, -0.05) is 35.3 Å². The molecule has 1 fully saturated rings. The van der Waals surface area contributed by atoms with Crippen molar-refractivity contribution < 1.29 is 22.8 Å². The normalized spacial score (nSPS) is 18.3. The Hall–Kier alpha value is -2.45. The van der Waals surface area contributed by atoms with Crippen LogP contribution in [-0.2, 0) is 4.79 Å². The molecule has 0 radical (unpaired) electrons. The molecule has 0 saturated heterocycles. The Balaban J connectivity index is 1.52. The average molecular weight is 548 g/mol. The van der Waals surface area contributed by atoms with Crippen LogP contribution in [0.25, 0.3) is 0 Å². The third-order valence-electron chi connectivity index (χ3n) is 5.32. The van der Waals surface area contributed by atoms with Crippen LogP contribution in [0.2, 0.25) is 10.0 Å². The Morgan fingerprint density at radius 2 is 1.47 bits per heavy atom. The molecule has 0 bridgehead atoms. The van der Waals surface area contributed by atoms with Crippen LogP contribution in [0, 0.1) is 23.4 Å². The van der Waals surface area contributed by atoms with Gasteiger partial charge in [0.25, 0.3) is 5.91 Å². The molecule has 3 aromatic rings. The summed E-state index contributed by atoms with van der Waals surface area (Å²) in [5.74, 6) is -5.69. The Kier molecular flexibility index (Phi) is 6.75. The van der Waals surface area contributed by atoms with E-state index in [2.05, 4.69) is 10.6 Å². The van der Waals surface area contributed by atoms with Gasteiger partial charge in [0.2, 0.25) is 5.91 Å². The van der Waals surface area contributed by atoms with E-state index in [1.54, 1.807) is 0 Å². The maximum absolute atomic E-state index is 13.9. The molecule has 0 spiro atoms.